The summed E-state index contributed by atoms with van der Waals surface area (Å²) >= 11 is 0. The van der Waals surface area contributed by atoms with Gasteiger partial charge in [-0.1, -0.05) is 0 Å². The van der Waals surface area contributed by atoms with E-state index in [1.165, 1.54) is 11.0 Å². The number of likely N-dealkylation sites (N-methyl/N-ethyl adjacent to an activating group) is 1. The van der Waals surface area contributed by atoms with Crippen LogP contribution in [0.4, 0.5) is 5.69 Å². The number of carbonyl (C=O) groups is 1. The largest absolute Gasteiger partial charge is 0.320 e. The average molecular weight is 221 g/mol. The number of rotatable bonds is 0. The molecule has 1 unspecified atom stereocenters. The Morgan fingerprint density at radius 1 is 1.31 bits per heavy atom. The van der Waals surface area contributed by atoms with Crippen molar-refractivity contribution in [3.8, 4) is 0 Å². The Bertz CT molecular complexity index is 492. The van der Waals surface area contributed by atoms with Crippen LogP contribution in [0.3, 0.4) is 0 Å². The van der Waals surface area contributed by atoms with Gasteiger partial charge >= 0.3 is 0 Å². The number of hydrogen-bond donors (Lipinski definition) is 1. The summed E-state index contributed by atoms with van der Waals surface area (Å²) < 4.78 is 1.58. The van der Waals surface area contributed by atoms with Crippen molar-refractivity contribution in [1.29, 1.82) is 0 Å². The first-order valence-corrected chi connectivity index (χ1v) is 5.24. The van der Waals surface area contributed by atoms with Crippen molar-refractivity contribution < 1.29 is 4.79 Å². The third-order valence-corrected chi connectivity index (χ3v) is 3.12. The highest BCUT2D eigenvalue weighted by Gasteiger charge is 2.26. The van der Waals surface area contributed by atoms with Gasteiger partial charge in [0.1, 0.15) is 0 Å². The van der Waals surface area contributed by atoms with Crippen molar-refractivity contribution in [3.63, 3.8) is 0 Å². The summed E-state index contributed by atoms with van der Waals surface area (Å²) in [7, 11) is 3.41. The highest BCUT2D eigenvalue weighted by atomic mass is 16.2. The Balaban J connectivity index is 2.61. The fourth-order valence-electron chi connectivity index (χ4n) is 2.05. The lowest BCUT2D eigenvalue weighted by Gasteiger charge is -2.20. The Morgan fingerprint density at radius 3 is 2.69 bits per heavy atom. The molecule has 1 aliphatic heterocycles. The third kappa shape index (κ3) is 1.53. The van der Waals surface area contributed by atoms with Crippen molar-refractivity contribution in [2.24, 2.45) is 12.8 Å². The van der Waals surface area contributed by atoms with Gasteiger partial charge in [-0.05, 0) is 18.9 Å². The van der Waals surface area contributed by atoms with Crippen molar-refractivity contribution in [2.75, 3.05) is 11.9 Å². The van der Waals surface area contributed by atoms with E-state index in [2.05, 4.69) is 0 Å². The Hall–Kier alpha value is -1.62. The summed E-state index contributed by atoms with van der Waals surface area (Å²) in [4.78, 5) is 24.9. The fraction of sp³-hybridized carbons (Fsp3) is 0.455. The number of aromatic nitrogens is 1. The summed E-state index contributed by atoms with van der Waals surface area (Å²) in [6, 6.07) is 2.68. The maximum absolute atomic E-state index is 11.8. The van der Waals surface area contributed by atoms with Crippen LogP contribution in [-0.2, 0) is 18.3 Å². The molecule has 2 rings (SSSR count). The minimum atomic E-state index is -0.479. The molecule has 0 aromatic carbocycles. The number of nitrogens with zero attached hydrogens (tertiary/aromatic N) is 2. The molecule has 1 aromatic heterocycles. The van der Waals surface area contributed by atoms with Crippen LogP contribution in [0.5, 0.6) is 0 Å². The first-order valence-electron chi connectivity index (χ1n) is 5.24. The lowest BCUT2D eigenvalue weighted by Crippen LogP contribution is -2.40. The lowest BCUT2D eigenvalue weighted by atomic mass is 10.1. The number of amides is 1. The molecule has 5 heteroatoms. The Morgan fingerprint density at radius 2 is 2.00 bits per heavy atom. The molecule has 86 valence electrons. The smallest absolute Gasteiger partial charge is 0.250 e. The van der Waals surface area contributed by atoms with Crippen LogP contribution in [0.25, 0.3) is 0 Å². The highest BCUT2D eigenvalue weighted by Crippen LogP contribution is 2.23. The zero-order valence-corrected chi connectivity index (χ0v) is 9.43. The average Bonchev–Trinajstić information content (AvgIpc) is 2.37. The van der Waals surface area contributed by atoms with Crippen molar-refractivity contribution >= 4 is 11.6 Å². The first kappa shape index (κ1) is 10.9. The van der Waals surface area contributed by atoms with E-state index in [-0.39, 0.29) is 11.5 Å². The molecule has 0 spiro atoms. The topological polar surface area (TPSA) is 68.3 Å². The molecule has 0 radical (unpaired) electrons. The van der Waals surface area contributed by atoms with Gasteiger partial charge in [-0.15, -0.1) is 0 Å². The second-order valence-corrected chi connectivity index (χ2v) is 4.10. The predicted octanol–water partition coefficient (Wildman–Crippen LogP) is -0.378. The third-order valence-electron chi connectivity index (χ3n) is 3.12. The molecule has 0 fully saturated rings. The molecule has 0 bridgehead atoms. The molecular weight excluding hydrogens is 206 g/mol. The molecule has 5 nitrogen and oxygen atoms in total. The fourth-order valence-corrected chi connectivity index (χ4v) is 2.05. The summed E-state index contributed by atoms with van der Waals surface area (Å²) in [5, 5.41) is 0. The first-order chi connectivity index (χ1) is 7.52. The zero-order chi connectivity index (χ0) is 11.9. The molecule has 1 amide bonds. The van der Waals surface area contributed by atoms with E-state index in [9.17, 15) is 9.59 Å². The number of pyridine rings is 1. The second kappa shape index (κ2) is 3.75. The number of hydrogen-bond acceptors (Lipinski definition) is 3. The molecular formula is C11H15N3O2. The van der Waals surface area contributed by atoms with Gasteiger partial charge in [-0.3, -0.25) is 9.59 Å². The van der Waals surface area contributed by atoms with Gasteiger partial charge in [0.2, 0.25) is 5.91 Å². The standard InChI is InChI=1S/C11H15N3O2/c1-13-8-4-3-7(12)11(16)14(2)9(8)5-6-10(13)15/h5-7H,3-4,12H2,1-2H3. The van der Waals surface area contributed by atoms with Crippen LogP contribution in [0, 0.1) is 0 Å². The molecule has 1 aliphatic rings. The van der Waals surface area contributed by atoms with Gasteiger partial charge in [0, 0.05) is 25.9 Å². The van der Waals surface area contributed by atoms with Gasteiger partial charge < -0.3 is 15.2 Å². The van der Waals surface area contributed by atoms with Crippen LogP contribution in [0.15, 0.2) is 16.9 Å². The van der Waals surface area contributed by atoms with E-state index in [0.29, 0.717) is 12.8 Å². The number of anilines is 1. The molecule has 0 saturated heterocycles. The molecule has 0 aliphatic carbocycles. The summed E-state index contributed by atoms with van der Waals surface area (Å²) in [6.45, 7) is 0. The zero-order valence-electron chi connectivity index (χ0n) is 9.43. The predicted molar refractivity (Wildman–Crippen MR) is 61.4 cm³/mol. The summed E-state index contributed by atoms with van der Waals surface area (Å²) in [5.41, 5.74) is 7.35. The number of carbonyl (C=O) groups excluding carboxylic acids is 1. The van der Waals surface area contributed by atoms with Crippen LogP contribution in [0.2, 0.25) is 0 Å². The van der Waals surface area contributed by atoms with Gasteiger partial charge in [0.15, 0.2) is 0 Å². The van der Waals surface area contributed by atoms with Gasteiger partial charge in [0.25, 0.3) is 5.56 Å². The van der Waals surface area contributed by atoms with E-state index < -0.39 is 6.04 Å². The van der Waals surface area contributed by atoms with Crippen LogP contribution in [-0.4, -0.2) is 23.6 Å². The monoisotopic (exact) mass is 221 g/mol. The molecule has 1 atom stereocenters. The maximum Gasteiger partial charge on any atom is 0.250 e. The summed E-state index contributed by atoms with van der Waals surface area (Å²) in [6.07, 6.45) is 1.23. The molecule has 0 saturated carbocycles. The van der Waals surface area contributed by atoms with E-state index in [4.69, 9.17) is 5.73 Å². The minimum absolute atomic E-state index is 0.0601. The van der Waals surface area contributed by atoms with Crippen molar-refractivity contribution in [2.45, 2.75) is 18.9 Å². The SMILES string of the molecule is CN1C(=O)C(N)CCc2c1ccc(=O)n2C. The Labute approximate surface area is 93.5 Å². The van der Waals surface area contributed by atoms with Gasteiger partial charge in [0.05, 0.1) is 11.7 Å². The van der Waals surface area contributed by atoms with E-state index in [1.54, 1.807) is 24.7 Å². The van der Waals surface area contributed by atoms with Crippen LogP contribution in [0.1, 0.15) is 12.1 Å². The quantitative estimate of drug-likeness (QED) is 0.649. The minimum Gasteiger partial charge on any atom is -0.320 e. The van der Waals surface area contributed by atoms with Crippen LogP contribution < -0.4 is 16.2 Å². The normalized spacial score (nSPS) is 20.6. The van der Waals surface area contributed by atoms with Crippen molar-refractivity contribution in [3.05, 3.63) is 28.2 Å². The van der Waals surface area contributed by atoms with Gasteiger partial charge in [-0.2, -0.15) is 0 Å². The molecule has 2 heterocycles. The van der Waals surface area contributed by atoms with E-state index in [0.717, 1.165) is 11.4 Å². The van der Waals surface area contributed by atoms with E-state index in [1.807, 2.05) is 0 Å². The van der Waals surface area contributed by atoms with Crippen molar-refractivity contribution in [1.82, 2.24) is 4.57 Å². The van der Waals surface area contributed by atoms with Crippen LogP contribution >= 0.6 is 0 Å². The molecule has 16 heavy (non-hydrogen) atoms. The number of fused-ring (bicyclic) bond motifs is 1. The second-order valence-electron chi connectivity index (χ2n) is 4.10. The lowest BCUT2D eigenvalue weighted by molar-refractivity contribution is -0.119. The van der Waals surface area contributed by atoms with Gasteiger partial charge in [-0.25, -0.2) is 0 Å². The summed E-state index contributed by atoms with van der Waals surface area (Å²) in [5.74, 6) is -0.0996. The van der Waals surface area contributed by atoms with E-state index >= 15 is 0 Å². The maximum atomic E-state index is 11.8. The Kier molecular flexibility index (Phi) is 2.55. The molecule has 2 N–H and O–H groups in total. The highest BCUT2D eigenvalue weighted by molar-refractivity contribution is 5.97. The number of nitrogens with two attached hydrogens (primary N) is 1. The molecule has 1 aromatic rings.